The van der Waals surface area contributed by atoms with Gasteiger partial charge in [-0.15, -0.1) is 0 Å². The van der Waals surface area contributed by atoms with Crippen molar-refractivity contribution >= 4 is 10.0 Å². The average molecular weight is 306 g/mol. The van der Waals surface area contributed by atoms with E-state index in [0.717, 1.165) is 12.8 Å². The molecule has 3 rings (SSSR count). The van der Waals surface area contributed by atoms with Crippen LogP contribution in [-0.4, -0.2) is 37.0 Å². The van der Waals surface area contributed by atoms with Gasteiger partial charge in [0.2, 0.25) is 10.0 Å². The second-order valence-corrected chi connectivity index (χ2v) is 7.89. The van der Waals surface area contributed by atoms with Crippen LogP contribution in [0.2, 0.25) is 0 Å². The molecule has 1 aliphatic carbocycles. The van der Waals surface area contributed by atoms with Crippen molar-refractivity contribution in [3.05, 3.63) is 29.3 Å². The van der Waals surface area contributed by atoms with Gasteiger partial charge in [-0.05, 0) is 43.4 Å². The number of aryl methyl sites for hydroxylation is 1. The van der Waals surface area contributed by atoms with Crippen LogP contribution in [0.5, 0.6) is 0 Å². The van der Waals surface area contributed by atoms with Crippen LogP contribution >= 0.6 is 0 Å². The quantitative estimate of drug-likeness (QED) is 0.892. The van der Waals surface area contributed by atoms with Gasteiger partial charge in [-0.1, -0.05) is 6.07 Å². The maximum Gasteiger partial charge on any atom is 0.243 e. The topological polar surface area (TPSA) is 81.4 Å². The van der Waals surface area contributed by atoms with Crippen LogP contribution in [0.1, 0.15) is 24.0 Å². The Balaban J connectivity index is 1.94. The fourth-order valence-corrected chi connectivity index (χ4v) is 5.26. The Bertz CT molecular complexity index is 708. The molecule has 0 radical (unpaired) electrons. The zero-order valence-electron chi connectivity index (χ0n) is 11.9. The summed E-state index contributed by atoms with van der Waals surface area (Å²) >= 11 is 0. The van der Waals surface area contributed by atoms with E-state index < -0.39 is 10.0 Å². The van der Waals surface area contributed by atoms with E-state index in [-0.39, 0.29) is 22.8 Å². The first-order valence-electron chi connectivity index (χ1n) is 7.12. The van der Waals surface area contributed by atoms with E-state index in [2.05, 4.69) is 0 Å². The Hall–Kier alpha value is -1.42. The van der Waals surface area contributed by atoms with Crippen molar-refractivity contribution in [2.75, 3.05) is 13.1 Å². The lowest BCUT2D eigenvalue weighted by Gasteiger charge is -2.19. The number of hydrogen-bond donors (Lipinski definition) is 1. The standard InChI is InChI=1S/C15H18N2O3S/c1-10-2-3-11(7-16)6-15(10)21(19,20)17-8-12-4-5-14(18)13(12)9-17/h2-3,6,12-14,18H,4-5,8-9H2,1H3. The first-order chi connectivity index (χ1) is 9.93. The van der Waals surface area contributed by atoms with Crippen LogP contribution in [0.25, 0.3) is 0 Å². The molecule has 0 amide bonds. The van der Waals surface area contributed by atoms with Gasteiger partial charge in [-0.2, -0.15) is 9.57 Å². The normalized spacial score (nSPS) is 29.3. The van der Waals surface area contributed by atoms with Crippen LogP contribution in [0.15, 0.2) is 23.1 Å². The molecule has 1 aromatic rings. The number of hydrogen-bond acceptors (Lipinski definition) is 4. The lowest BCUT2D eigenvalue weighted by atomic mass is 10.00. The molecule has 0 bridgehead atoms. The molecule has 0 spiro atoms. The van der Waals surface area contributed by atoms with Gasteiger partial charge in [0.15, 0.2) is 0 Å². The van der Waals surface area contributed by atoms with Crippen molar-refractivity contribution in [2.24, 2.45) is 11.8 Å². The van der Waals surface area contributed by atoms with Gasteiger partial charge in [0.05, 0.1) is 22.6 Å². The molecule has 5 nitrogen and oxygen atoms in total. The number of sulfonamides is 1. The fourth-order valence-electron chi connectivity index (χ4n) is 3.48. The summed E-state index contributed by atoms with van der Waals surface area (Å²) in [5, 5.41) is 18.9. The molecule has 2 aliphatic rings. The SMILES string of the molecule is Cc1ccc(C#N)cc1S(=O)(=O)N1CC2CCC(O)C2C1. The first kappa shape index (κ1) is 14.5. The van der Waals surface area contributed by atoms with E-state index in [4.69, 9.17) is 5.26 Å². The second-order valence-electron chi connectivity index (χ2n) is 5.98. The monoisotopic (exact) mass is 306 g/mol. The van der Waals surface area contributed by atoms with Gasteiger partial charge in [0.25, 0.3) is 0 Å². The third-order valence-corrected chi connectivity index (χ3v) is 6.69. The smallest absolute Gasteiger partial charge is 0.243 e. The molecule has 1 aromatic carbocycles. The molecule has 1 N–H and O–H groups in total. The first-order valence-corrected chi connectivity index (χ1v) is 8.56. The van der Waals surface area contributed by atoms with E-state index in [1.807, 2.05) is 6.07 Å². The summed E-state index contributed by atoms with van der Waals surface area (Å²) in [6.07, 6.45) is 1.27. The van der Waals surface area contributed by atoms with E-state index >= 15 is 0 Å². The minimum Gasteiger partial charge on any atom is -0.393 e. The van der Waals surface area contributed by atoms with Crippen molar-refractivity contribution in [1.82, 2.24) is 4.31 Å². The summed E-state index contributed by atoms with van der Waals surface area (Å²) in [7, 11) is -3.60. The summed E-state index contributed by atoms with van der Waals surface area (Å²) in [6.45, 7) is 2.59. The number of nitriles is 1. The van der Waals surface area contributed by atoms with Crippen LogP contribution in [0, 0.1) is 30.1 Å². The number of aliphatic hydroxyl groups is 1. The van der Waals surface area contributed by atoms with Crippen LogP contribution < -0.4 is 0 Å². The Morgan fingerprint density at radius 2 is 2.10 bits per heavy atom. The predicted octanol–water partition coefficient (Wildman–Crippen LogP) is 1.26. The molecule has 1 saturated carbocycles. The van der Waals surface area contributed by atoms with Gasteiger partial charge in [0, 0.05) is 19.0 Å². The van der Waals surface area contributed by atoms with E-state index in [1.54, 1.807) is 19.1 Å². The zero-order chi connectivity index (χ0) is 15.2. The third-order valence-electron chi connectivity index (χ3n) is 4.72. The van der Waals surface area contributed by atoms with Crippen LogP contribution in [0.3, 0.4) is 0 Å². The highest BCUT2D eigenvalue weighted by Gasteiger charge is 2.45. The van der Waals surface area contributed by atoms with E-state index in [9.17, 15) is 13.5 Å². The molecule has 6 heteroatoms. The highest BCUT2D eigenvalue weighted by Crippen LogP contribution is 2.40. The number of nitrogens with zero attached hydrogens (tertiary/aromatic N) is 2. The fraction of sp³-hybridized carbons (Fsp3) is 0.533. The molecule has 112 valence electrons. The maximum absolute atomic E-state index is 12.8. The average Bonchev–Trinajstić information content (AvgIpc) is 3.02. The predicted molar refractivity (Wildman–Crippen MR) is 76.9 cm³/mol. The summed E-state index contributed by atoms with van der Waals surface area (Å²) < 4.78 is 27.1. The number of rotatable bonds is 2. The van der Waals surface area contributed by atoms with Crippen molar-refractivity contribution in [3.8, 4) is 6.07 Å². The molecule has 3 atom stereocenters. The third kappa shape index (κ3) is 2.35. The summed E-state index contributed by atoms with van der Waals surface area (Å²) in [6, 6.07) is 6.71. The van der Waals surface area contributed by atoms with Gasteiger partial charge in [0.1, 0.15) is 0 Å². The second kappa shape index (κ2) is 5.09. The minimum atomic E-state index is -3.60. The van der Waals surface area contributed by atoms with Gasteiger partial charge in [-0.3, -0.25) is 0 Å². The van der Waals surface area contributed by atoms with Gasteiger partial charge < -0.3 is 5.11 Å². The Morgan fingerprint density at radius 3 is 2.76 bits per heavy atom. The molecule has 1 saturated heterocycles. The summed E-state index contributed by atoms with van der Waals surface area (Å²) in [5.74, 6) is 0.313. The summed E-state index contributed by atoms with van der Waals surface area (Å²) in [5.41, 5.74) is 0.991. The lowest BCUT2D eigenvalue weighted by molar-refractivity contribution is 0.129. The Morgan fingerprint density at radius 1 is 1.33 bits per heavy atom. The van der Waals surface area contributed by atoms with Gasteiger partial charge in [-0.25, -0.2) is 8.42 Å². The molecule has 1 heterocycles. The maximum atomic E-state index is 12.8. The Kier molecular flexibility index (Phi) is 3.52. The summed E-state index contributed by atoms with van der Waals surface area (Å²) in [4.78, 5) is 0.205. The highest BCUT2D eigenvalue weighted by atomic mass is 32.2. The molecular weight excluding hydrogens is 288 g/mol. The molecule has 1 aliphatic heterocycles. The Labute approximate surface area is 124 Å². The molecule has 2 fully saturated rings. The van der Waals surface area contributed by atoms with Gasteiger partial charge >= 0.3 is 0 Å². The van der Waals surface area contributed by atoms with Crippen molar-refractivity contribution in [3.63, 3.8) is 0 Å². The minimum absolute atomic E-state index is 0.0548. The molecule has 3 unspecified atom stereocenters. The van der Waals surface area contributed by atoms with E-state index in [1.165, 1.54) is 10.4 Å². The largest absolute Gasteiger partial charge is 0.393 e. The highest BCUT2D eigenvalue weighted by molar-refractivity contribution is 7.89. The van der Waals surface area contributed by atoms with Crippen molar-refractivity contribution in [2.45, 2.75) is 30.8 Å². The van der Waals surface area contributed by atoms with Crippen molar-refractivity contribution in [1.29, 1.82) is 5.26 Å². The van der Waals surface area contributed by atoms with Crippen molar-refractivity contribution < 1.29 is 13.5 Å². The lowest BCUT2D eigenvalue weighted by Crippen LogP contribution is -2.31. The zero-order valence-corrected chi connectivity index (χ0v) is 12.7. The van der Waals surface area contributed by atoms with Crippen LogP contribution in [-0.2, 0) is 10.0 Å². The number of benzene rings is 1. The molecule has 0 aromatic heterocycles. The molecule has 21 heavy (non-hydrogen) atoms. The molecular formula is C15H18N2O3S. The van der Waals surface area contributed by atoms with E-state index in [0.29, 0.717) is 24.2 Å². The number of aliphatic hydroxyl groups excluding tert-OH is 1. The number of fused-ring (bicyclic) bond motifs is 1. The van der Waals surface area contributed by atoms with Crippen LogP contribution in [0.4, 0.5) is 0 Å².